The van der Waals surface area contributed by atoms with E-state index in [9.17, 15) is 9.59 Å². The highest BCUT2D eigenvalue weighted by molar-refractivity contribution is 8.00. The molecule has 3 N–H and O–H groups in total. The Morgan fingerprint density at radius 2 is 1.90 bits per heavy atom. The van der Waals surface area contributed by atoms with Gasteiger partial charge in [-0.15, -0.1) is 11.8 Å². The van der Waals surface area contributed by atoms with E-state index in [1.165, 1.54) is 25.6 Å². The molecule has 0 bridgehead atoms. The normalized spacial score (nSPS) is 11.2. The maximum Gasteiger partial charge on any atom is 0.221 e. The molecule has 0 aliphatic heterocycles. The number of nitrogens with two attached hydrogens (primary N) is 1. The summed E-state index contributed by atoms with van der Waals surface area (Å²) in [5, 5.41) is 11.5. The van der Waals surface area contributed by atoms with Gasteiger partial charge in [0.2, 0.25) is 5.91 Å². The molecule has 0 fully saturated rings. The van der Waals surface area contributed by atoms with Crippen molar-refractivity contribution in [2.75, 3.05) is 11.1 Å². The first-order chi connectivity index (χ1) is 9.43. The van der Waals surface area contributed by atoms with E-state index >= 15 is 0 Å². The third-order valence-corrected chi connectivity index (χ3v) is 3.34. The number of nitrogens with one attached hydrogen (secondary N) is 1. The minimum Gasteiger partial charge on any atom is -0.401 e. The van der Waals surface area contributed by atoms with Crippen molar-refractivity contribution in [3.63, 3.8) is 0 Å². The number of nitriles is 1. The van der Waals surface area contributed by atoms with Crippen molar-refractivity contribution >= 4 is 29.1 Å². The first-order valence-electron chi connectivity index (χ1n) is 5.84. The quantitative estimate of drug-likeness (QED) is 0.491. The fourth-order valence-electron chi connectivity index (χ4n) is 1.43. The summed E-state index contributed by atoms with van der Waals surface area (Å²) < 4.78 is 0. The number of hydrogen-bond donors (Lipinski definition) is 2. The average Bonchev–Trinajstić information content (AvgIpc) is 2.37. The monoisotopic (exact) mass is 289 g/mol. The van der Waals surface area contributed by atoms with Crippen LogP contribution in [0.15, 0.2) is 40.4 Å². The van der Waals surface area contributed by atoms with Gasteiger partial charge in [-0.3, -0.25) is 9.59 Å². The van der Waals surface area contributed by atoms with Gasteiger partial charge in [0, 0.05) is 23.2 Å². The van der Waals surface area contributed by atoms with Crippen LogP contribution >= 0.6 is 11.8 Å². The molecule has 1 amide bonds. The molecule has 0 aromatic heterocycles. The van der Waals surface area contributed by atoms with Gasteiger partial charge >= 0.3 is 0 Å². The molecule has 0 heterocycles. The van der Waals surface area contributed by atoms with Crippen LogP contribution in [0, 0.1) is 11.3 Å². The maximum atomic E-state index is 11.8. The third kappa shape index (κ3) is 4.78. The Hall–Kier alpha value is -2.26. The number of nitrogens with zero attached hydrogens (tertiary/aromatic N) is 1. The number of thioether (sulfide) groups is 1. The molecular formula is C14H15N3O2S. The number of carbonyl (C=O) groups excluding carboxylic acids is 2. The Bertz CT molecular complexity index is 581. The number of benzene rings is 1. The molecule has 0 radical (unpaired) electrons. The number of allylic oxidation sites excluding steroid dienone is 2. The van der Waals surface area contributed by atoms with Crippen molar-refractivity contribution in [2.45, 2.75) is 18.7 Å². The molecule has 104 valence electrons. The van der Waals surface area contributed by atoms with Gasteiger partial charge in [0.1, 0.15) is 11.6 Å². The molecule has 6 heteroatoms. The summed E-state index contributed by atoms with van der Waals surface area (Å²) in [4.78, 5) is 23.5. The number of anilines is 1. The lowest BCUT2D eigenvalue weighted by atomic mass is 10.2. The molecule has 0 saturated heterocycles. The van der Waals surface area contributed by atoms with Crippen LogP contribution in [0.2, 0.25) is 0 Å². The Labute approximate surface area is 121 Å². The largest absolute Gasteiger partial charge is 0.401 e. The van der Waals surface area contributed by atoms with Gasteiger partial charge in [-0.2, -0.15) is 5.26 Å². The fraction of sp³-hybridized carbons (Fsp3) is 0.214. The van der Waals surface area contributed by atoms with Gasteiger partial charge < -0.3 is 11.1 Å². The molecule has 1 aromatic carbocycles. The number of carbonyl (C=O) groups is 2. The van der Waals surface area contributed by atoms with Gasteiger partial charge in [-0.05, 0) is 31.2 Å². The predicted octanol–water partition coefficient (Wildman–Crippen LogP) is 2.06. The Morgan fingerprint density at radius 3 is 2.35 bits per heavy atom. The van der Waals surface area contributed by atoms with Crippen molar-refractivity contribution < 1.29 is 9.59 Å². The highest BCUT2D eigenvalue weighted by Gasteiger charge is 2.11. The lowest BCUT2D eigenvalue weighted by Gasteiger charge is -2.04. The van der Waals surface area contributed by atoms with Crippen molar-refractivity contribution in [3.8, 4) is 6.07 Å². The number of rotatable bonds is 5. The summed E-state index contributed by atoms with van der Waals surface area (Å²) in [5.41, 5.74) is 6.41. The number of hydrogen-bond acceptors (Lipinski definition) is 5. The van der Waals surface area contributed by atoms with Crippen LogP contribution < -0.4 is 11.1 Å². The molecule has 20 heavy (non-hydrogen) atoms. The topological polar surface area (TPSA) is 96.0 Å². The van der Waals surface area contributed by atoms with Gasteiger partial charge in [0.15, 0.2) is 5.78 Å². The third-order valence-electron chi connectivity index (χ3n) is 2.33. The van der Waals surface area contributed by atoms with E-state index in [0.29, 0.717) is 5.69 Å². The van der Waals surface area contributed by atoms with Crippen molar-refractivity contribution in [1.29, 1.82) is 5.26 Å². The zero-order valence-electron chi connectivity index (χ0n) is 11.3. The Morgan fingerprint density at radius 1 is 1.30 bits per heavy atom. The molecule has 0 aliphatic carbocycles. The SMILES string of the molecule is CC(=O)Nc1ccc(SCC(=O)C(C#N)=C(C)N)cc1. The molecule has 0 saturated carbocycles. The summed E-state index contributed by atoms with van der Waals surface area (Å²) in [6.45, 7) is 2.97. The van der Waals surface area contributed by atoms with E-state index in [-0.39, 0.29) is 28.7 Å². The smallest absolute Gasteiger partial charge is 0.221 e. The first-order valence-corrected chi connectivity index (χ1v) is 6.82. The Balaban J connectivity index is 2.63. The maximum absolute atomic E-state index is 11.8. The van der Waals surface area contributed by atoms with Crippen molar-refractivity contribution in [2.24, 2.45) is 5.73 Å². The molecule has 1 aromatic rings. The average molecular weight is 289 g/mol. The molecule has 0 unspecified atom stereocenters. The minimum atomic E-state index is -0.288. The predicted molar refractivity (Wildman–Crippen MR) is 79.0 cm³/mol. The van der Waals surface area contributed by atoms with Gasteiger partial charge in [-0.25, -0.2) is 0 Å². The van der Waals surface area contributed by atoms with Crippen LogP contribution in [0.4, 0.5) is 5.69 Å². The van der Waals surface area contributed by atoms with E-state index in [1.807, 2.05) is 6.07 Å². The first kappa shape index (κ1) is 15.8. The highest BCUT2D eigenvalue weighted by Crippen LogP contribution is 2.21. The lowest BCUT2D eigenvalue weighted by Crippen LogP contribution is -2.10. The van der Waals surface area contributed by atoms with Crippen LogP contribution in [-0.4, -0.2) is 17.4 Å². The zero-order chi connectivity index (χ0) is 15.1. The molecule has 1 rings (SSSR count). The number of amides is 1. The molecule has 0 atom stereocenters. The van der Waals surface area contributed by atoms with Crippen LogP contribution in [0.1, 0.15) is 13.8 Å². The van der Waals surface area contributed by atoms with Gasteiger partial charge in [0.25, 0.3) is 0 Å². The summed E-state index contributed by atoms with van der Waals surface area (Å²) >= 11 is 1.31. The summed E-state index contributed by atoms with van der Waals surface area (Å²) in [6.07, 6.45) is 0. The van der Waals surface area contributed by atoms with E-state index in [4.69, 9.17) is 11.0 Å². The van der Waals surface area contributed by atoms with E-state index in [2.05, 4.69) is 5.32 Å². The summed E-state index contributed by atoms with van der Waals surface area (Å²) in [5.74, 6) is -0.275. The summed E-state index contributed by atoms with van der Waals surface area (Å²) in [7, 11) is 0. The zero-order valence-corrected chi connectivity index (χ0v) is 12.1. The van der Waals surface area contributed by atoms with Crippen molar-refractivity contribution in [3.05, 3.63) is 35.5 Å². The van der Waals surface area contributed by atoms with Crippen LogP contribution in [0.3, 0.4) is 0 Å². The Kier molecular flexibility index (Phi) is 5.81. The van der Waals surface area contributed by atoms with E-state index in [1.54, 1.807) is 24.3 Å². The molecule has 5 nitrogen and oxygen atoms in total. The standard InChI is InChI=1S/C14H15N3O2S/c1-9(16)13(7-15)14(19)8-20-12-5-3-11(4-6-12)17-10(2)18/h3-6H,8,16H2,1-2H3,(H,17,18). The van der Waals surface area contributed by atoms with Crippen LogP contribution in [0.5, 0.6) is 0 Å². The fourth-order valence-corrected chi connectivity index (χ4v) is 2.20. The van der Waals surface area contributed by atoms with Gasteiger partial charge in [0.05, 0.1) is 5.75 Å². The second-order valence-corrected chi connectivity index (χ2v) is 5.14. The molecular weight excluding hydrogens is 274 g/mol. The van der Waals surface area contributed by atoms with Crippen LogP contribution in [0.25, 0.3) is 0 Å². The van der Waals surface area contributed by atoms with Gasteiger partial charge in [-0.1, -0.05) is 0 Å². The summed E-state index contributed by atoms with van der Waals surface area (Å²) in [6, 6.07) is 8.92. The number of Topliss-reactive ketones (excluding diaryl/α,β-unsaturated/α-hetero) is 1. The van der Waals surface area contributed by atoms with E-state index in [0.717, 1.165) is 4.90 Å². The van der Waals surface area contributed by atoms with Crippen molar-refractivity contribution in [1.82, 2.24) is 0 Å². The van der Waals surface area contributed by atoms with E-state index < -0.39 is 0 Å². The minimum absolute atomic E-state index is 0.00682. The second-order valence-electron chi connectivity index (χ2n) is 4.09. The lowest BCUT2D eigenvalue weighted by molar-refractivity contribution is -0.114. The molecule has 0 aliphatic rings. The highest BCUT2D eigenvalue weighted by atomic mass is 32.2. The second kappa shape index (κ2) is 7.36. The van der Waals surface area contributed by atoms with Crippen LogP contribution in [-0.2, 0) is 9.59 Å². The number of ketones is 1. The molecule has 0 spiro atoms.